The Morgan fingerprint density at radius 2 is 1.61 bits per heavy atom. The highest BCUT2D eigenvalue weighted by Crippen LogP contribution is 2.43. The first kappa shape index (κ1) is 25.1. The predicted octanol–water partition coefficient (Wildman–Crippen LogP) is 4.08. The van der Waals surface area contributed by atoms with Gasteiger partial charge in [0.05, 0.1) is 25.9 Å². The standard InChI is InChI=1S/C25H25N2O8P/c1-14-21(27-25(35-14)16-12-19(33-2)23(29)20(13-16)34-3)22(15-8-5-4-6-9-15)26-17-10-7-11-18(28)24(17)36(30,31)32/h4-13,22,26,28-29H,1-3H3,(H2,30,31,32). The van der Waals surface area contributed by atoms with Crippen LogP contribution >= 0.6 is 7.60 Å². The summed E-state index contributed by atoms with van der Waals surface area (Å²) >= 11 is 0. The molecule has 188 valence electrons. The van der Waals surface area contributed by atoms with E-state index in [4.69, 9.17) is 13.9 Å². The number of aromatic nitrogens is 1. The number of anilines is 1. The summed E-state index contributed by atoms with van der Waals surface area (Å²) in [6.07, 6.45) is 0. The summed E-state index contributed by atoms with van der Waals surface area (Å²) in [5.41, 5.74) is 1.72. The zero-order valence-corrected chi connectivity index (χ0v) is 20.6. The SMILES string of the molecule is COc1cc(-c2nc(C(Nc3cccc(O)c3P(=O)(O)O)c3ccccc3)c(C)o2)cc(OC)c1O. The van der Waals surface area contributed by atoms with E-state index in [1.807, 2.05) is 30.3 Å². The molecule has 4 rings (SSSR count). The molecule has 0 aliphatic rings. The van der Waals surface area contributed by atoms with Crippen LogP contribution < -0.4 is 20.1 Å². The van der Waals surface area contributed by atoms with Crippen LogP contribution in [-0.4, -0.2) is 39.2 Å². The highest BCUT2D eigenvalue weighted by Gasteiger charge is 2.30. The van der Waals surface area contributed by atoms with Gasteiger partial charge in [-0.05, 0) is 36.8 Å². The van der Waals surface area contributed by atoms with Gasteiger partial charge >= 0.3 is 7.60 Å². The van der Waals surface area contributed by atoms with E-state index in [-0.39, 0.29) is 28.8 Å². The fourth-order valence-electron chi connectivity index (χ4n) is 3.88. The maximum atomic E-state index is 12.1. The van der Waals surface area contributed by atoms with E-state index in [1.165, 1.54) is 32.4 Å². The van der Waals surface area contributed by atoms with Crippen molar-refractivity contribution in [2.45, 2.75) is 13.0 Å². The van der Waals surface area contributed by atoms with Crippen LogP contribution in [0.25, 0.3) is 11.5 Å². The zero-order chi connectivity index (χ0) is 26.0. The molecule has 1 atom stereocenters. The Labute approximate surface area is 206 Å². The van der Waals surface area contributed by atoms with Crippen molar-refractivity contribution in [3.8, 4) is 34.5 Å². The van der Waals surface area contributed by atoms with Crippen molar-refractivity contribution in [2.24, 2.45) is 0 Å². The second-order valence-electron chi connectivity index (χ2n) is 7.90. The first-order chi connectivity index (χ1) is 17.1. The van der Waals surface area contributed by atoms with E-state index in [2.05, 4.69) is 10.3 Å². The molecule has 1 aromatic heterocycles. The third-order valence-corrected chi connectivity index (χ3v) is 6.62. The molecule has 11 heteroatoms. The number of oxazole rings is 1. The molecular formula is C25H25N2O8P. The Morgan fingerprint density at radius 1 is 0.972 bits per heavy atom. The number of ether oxygens (including phenoxy) is 2. The van der Waals surface area contributed by atoms with E-state index >= 15 is 0 Å². The van der Waals surface area contributed by atoms with Crippen molar-refractivity contribution in [2.75, 3.05) is 19.5 Å². The topological polar surface area (TPSA) is 155 Å². The summed E-state index contributed by atoms with van der Waals surface area (Å²) in [7, 11) is -2.00. The largest absolute Gasteiger partial charge is 0.507 e. The average molecular weight is 512 g/mol. The van der Waals surface area contributed by atoms with Gasteiger partial charge in [0.25, 0.3) is 0 Å². The average Bonchev–Trinajstić information content (AvgIpc) is 3.23. The maximum Gasteiger partial charge on any atom is 0.362 e. The highest BCUT2D eigenvalue weighted by molar-refractivity contribution is 7.61. The molecule has 0 aliphatic heterocycles. The zero-order valence-electron chi connectivity index (χ0n) is 19.7. The van der Waals surface area contributed by atoms with E-state index in [1.54, 1.807) is 19.1 Å². The minimum Gasteiger partial charge on any atom is -0.507 e. The Morgan fingerprint density at radius 3 is 2.19 bits per heavy atom. The van der Waals surface area contributed by atoms with Crippen LogP contribution in [0.3, 0.4) is 0 Å². The molecule has 0 bridgehead atoms. The quantitative estimate of drug-likeness (QED) is 0.218. The summed E-state index contributed by atoms with van der Waals surface area (Å²) < 4.78 is 28.6. The van der Waals surface area contributed by atoms with Gasteiger partial charge in [0.15, 0.2) is 11.5 Å². The fourth-order valence-corrected chi connectivity index (χ4v) is 4.71. The smallest absolute Gasteiger partial charge is 0.362 e. The predicted molar refractivity (Wildman–Crippen MR) is 133 cm³/mol. The molecule has 1 unspecified atom stereocenters. The number of aryl methyl sites for hydroxylation is 1. The number of phenolic OH excluding ortho intramolecular Hbond substituents is 2. The van der Waals surface area contributed by atoms with E-state index in [9.17, 15) is 24.6 Å². The summed E-state index contributed by atoms with van der Waals surface area (Å²) in [5, 5.41) is 23.0. The van der Waals surface area contributed by atoms with Gasteiger partial charge in [-0.25, -0.2) is 4.98 Å². The number of hydrogen-bond acceptors (Lipinski definition) is 8. The number of aromatic hydroxyl groups is 2. The van der Waals surface area contributed by atoms with Crippen LogP contribution in [0.4, 0.5) is 5.69 Å². The Kier molecular flexibility index (Phi) is 6.94. The summed E-state index contributed by atoms with van der Waals surface area (Å²) in [4.78, 5) is 24.4. The minimum atomic E-state index is -4.82. The molecule has 10 nitrogen and oxygen atoms in total. The monoisotopic (exact) mass is 512 g/mol. The molecule has 36 heavy (non-hydrogen) atoms. The van der Waals surface area contributed by atoms with Gasteiger partial charge in [-0.15, -0.1) is 0 Å². The minimum absolute atomic E-state index is 0.0501. The number of methoxy groups -OCH3 is 2. The molecule has 1 heterocycles. The number of nitrogens with zero attached hydrogens (tertiary/aromatic N) is 1. The first-order valence-electron chi connectivity index (χ1n) is 10.8. The number of hydrogen-bond donors (Lipinski definition) is 5. The van der Waals surface area contributed by atoms with Crippen molar-refractivity contribution >= 4 is 18.6 Å². The second-order valence-corrected chi connectivity index (χ2v) is 9.43. The molecule has 0 saturated carbocycles. The van der Waals surface area contributed by atoms with Crippen LogP contribution in [0.15, 0.2) is 65.1 Å². The van der Waals surface area contributed by atoms with Crippen LogP contribution in [0.2, 0.25) is 0 Å². The number of nitrogens with one attached hydrogen (secondary N) is 1. The van der Waals surface area contributed by atoms with Gasteiger partial charge in [-0.2, -0.15) is 0 Å². The van der Waals surface area contributed by atoms with Gasteiger partial charge in [-0.3, -0.25) is 4.57 Å². The molecule has 0 fully saturated rings. The van der Waals surface area contributed by atoms with Crippen LogP contribution in [0, 0.1) is 6.92 Å². The molecule has 0 aliphatic carbocycles. The Bertz CT molecular complexity index is 1410. The Balaban J connectivity index is 1.85. The summed E-state index contributed by atoms with van der Waals surface area (Å²) in [5.74, 6) is 0.310. The normalized spacial score (nSPS) is 12.2. The number of rotatable bonds is 8. The maximum absolute atomic E-state index is 12.1. The van der Waals surface area contributed by atoms with Crippen molar-refractivity contribution in [1.82, 2.24) is 4.98 Å². The Hall–Kier alpha value is -3.98. The lowest BCUT2D eigenvalue weighted by Gasteiger charge is -2.22. The highest BCUT2D eigenvalue weighted by atomic mass is 31.2. The van der Waals surface area contributed by atoms with Gasteiger partial charge < -0.3 is 39.2 Å². The van der Waals surface area contributed by atoms with Crippen molar-refractivity contribution < 1.29 is 38.5 Å². The molecule has 3 aromatic carbocycles. The lowest BCUT2D eigenvalue weighted by molar-refractivity contribution is 0.340. The summed E-state index contributed by atoms with van der Waals surface area (Å²) in [6, 6.07) is 15.7. The molecule has 4 aromatic rings. The first-order valence-corrected chi connectivity index (χ1v) is 12.4. The third kappa shape index (κ3) is 4.87. The van der Waals surface area contributed by atoms with Crippen molar-refractivity contribution in [3.63, 3.8) is 0 Å². The van der Waals surface area contributed by atoms with Crippen molar-refractivity contribution in [1.29, 1.82) is 0 Å². The van der Waals surface area contributed by atoms with Crippen LogP contribution in [0.1, 0.15) is 23.1 Å². The van der Waals surface area contributed by atoms with Gasteiger partial charge in [-0.1, -0.05) is 36.4 Å². The number of benzene rings is 3. The molecule has 0 spiro atoms. The fraction of sp³-hybridized carbons (Fsp3) is 0.160. The van der Waals surface area contributed by atoms with Crippen LogP contribution in [0.5, 0.6) is 23.0 Å². The third-order valence-electron chi connectivity index (χ3n) is 5.57. The van der Waals surface area contributed by atoms with Gasteiger partial charge in [0.1, 0.15) is 22.5 Å². The molecule has 0 radical (unpaired) electrons. The van der Waals surface area contributed by atoms with Crippen molar-refractivity contribution in [3.05, 3.63) is 77.7 Å². The molecule has 0 saturated heterocycles. The van der Waals surface area contributed by atoms with Gasteiger partial charge in [0, 0.05) is 5.56 Å². The molecule has 0 amide bonds. The van der Waals surface area contributed by atoms with E-state index in [0.29, 0.717) is 17.0 Å². The van der Waals surface area contributed by atoms with Gasteiger partial charge in [0.2, 0.25) is 11.6 Å². The second kappa shape index (κ2) is 9.94. The summed E-state index contributed by atoms with van der Waals surface area (Å²) in [6.45, 7) is 1.71. The van der Waals surface area contributed by atoms with E-state index < -0.39 is 24.7 Å². The lowest BCUT2D eigenvalue weighted by Crippen LogP contribution is -2.19. The molecular weight excluding hydrogens is 487 g/mol. The number of phenols is 2. The lowest BCUT2D eigenvalue weighted by atomic mass is 10.0. The molecule has 5 N–H and O–H groups in total. The van der Waals surface area contributed by atoms with Crippen LogP contribution in [-0.2, 0) is 4.57 Å². The van der Waals surface area contributed by atoms with E-state index in [0.717, 1.165) is 5.56 Å².